The number of rotatable bonds is 12. The van der Waals surface area contributed by atoms with Gasteiger partial charge in [0.1, 0.15) is 5.54 Å². The molecule has 0 radical (unpaired) electrons. The molecule has 35 heavy (non-hydrogen) atoms. The van der Waals surface area contributed by atoms with Gasteiger partial charge in [-0.05, 0) is 30.0 Å². The molecule has 0 bridgehead atoms. The van der Waals surface area contributed by atoms with E-state index in [9.17, 15) is 14.4 Å². The molecule has 0 spiro atoms. The number of hydrogen-bond donors (Lipinski definition) is 3. The zero-order valence-electron chi connectivity index (χ0n) is 20.9. The number of amides is 2. The number of carboxylic acid groups (broad SMARTS) is 1. The lowest BCUT2D eigenvalue weighted by molar-refractivity contribution is -0.146. The van der Waals surface area contributed by atoms with Crippen LogP contribution in [0.3, 0.4) is 0 Å². The molecule has 0 heterocycles. The van der Waals surface area contributed by atoms with E-state index in [1.54, 1.807) is 25.2 Å². The van der Waals surface area contributed by atoms with E-state index in [-0.39, 0.29) is 12.5 Å². The number of esters is 1. The molecule has 0 saturated carbocycles. The molecule has 0 aliphatic carbocycles. The first-order chi connectivity index (χ1) is 16.7. The van der Waals surface area contributed by atoms with Crippen molar-refractivity contribution in [1.82, 2.24) is 5.32 Å². The summed E-state index contributed by atoms with van der Waals surface area (Å²) in [6.45, 7) is 4.52. The highest BCUT2D eigenvalue weighted by atomic mass is 16.7. The van der Waals surface area contributed by atoms with Crippen LogP contribution in [0.15, 0.2) is 48.5 Å². The first-order valence-corrected chi connectivity index (χ1v) is 12.2. The minimum absolute atomic E-state index is 0.143. The second kappa shape index (κ2) is 13.5. The Morgan fingerprint density at radius 1 is 0.971 bits per heavy atom. The molecular weight excluding hydrogens is 446 g/mol. The maximum absolute atomic E-state index is 13.0. The van der Waals surface area contributed by atoms with Crippen LogP contribution in [0.5, 0.6) is 0 Å². The second-order valence-electron chi connectivity index (χ2n) is 8.68. The van der Waals surface area contributed by atoms with Gasteiger partial charge in [0.2, 0.25) is 0 Å². The Kier molecular flexibility index (Phi) is 10.7. The van der Waals surface area contributed by atoms with Crippen molar-refractivity contribution in [3.63, 3.8) is 0 Å². The van der Waals surface area contributed by atoms with Crippen molar-refractivity contribution in [3.05, 3.63) is 54.1 Å². The third-order valence-corrected chi connectivity index (χ3v) is 6.00. The Morgan fingerprint density at radius 3 is 2.29 bits per heavy atom. The summed E-state index contributed by atoms with van der Waals surface area (Å²) in [6, 6.07) is 14.5. The Bertz CT molecular complexity index is 996. The highest BCUT2D eigenvalue weighted by Crippen LogP contribution is 2.36. The number of nitrogens with zero attached hydrogens (tertiary/aromatic N) is 1. The van der Waals surface area contributed by atoms with Crippen LogP contribution in [-0.4, -0.2) is 36.9 Å². The summed E-state index contributed by atoms with van der Waals surface area (Å²) in [6.07, 6.45) is 4.28. The highest BCUT2D eigenvalue weighted by molar-refractivity contribution is 5.97. The Morgan fingerprint density at radius 2 is 1.66 bits per heavy atom. The van der Waals surface area contributed by atoms with Gasteiger partial charge < -0.3 is 20.9 Å². The van der Waals surface area contributed by atoms with Crippen molar-refractivity contribution in [1.29, 1.82) is 0 Å². The molecule has 0 aliphatic heterocycles. The van der Waals surface area contributed by atoms with E-state index in [0.29, 0.717) is 24.2 Å². The van der Waals surface area contributed by atoms with Crippen LogP contribution in [0.4, 0.5) is 15.3 Å². The predicted molar refractivity (Wildman–Crippen MR) is 137 cm³/mol. The molecule has 1 atom stereocenters. The Balaban J connectivity index is 2.43. The highest BCUT2D eigenvalue weighted by Gasteiger charge is 2.41. The van der Waals surface area contributed by atoms with Crippen molar-refractivity contribution in [2.24, 2.45) is 5.73 Å². The number of nitrogens with two attached hydrogens (primary N) is 1. The summed E-state index contributed by atoms with van der Waals surface area (Å²) >= 11 is 0. The zero-order chi connectivity index (χ0) is 25.8. The molecule has 2 amide bonds. The molecule has 4 N–H and O–H groups in total. The monoisotopic (exact) mass is 483 g/mol. The predicted octanol–water partition coefficient (Wildman–Crippen LogP) is 5.65. The fraction of sp³-hybridized carbons (Fsp3) is 0.444. The number of anilines is 1. The van der Waals surface area contributed by atoms with E-state index in [1.165, 1.54) is 11.3 Å². The van der Waals surface area contributed by atoms with E-state index in [1.807, 2.05) is 37.3 Å². The molecule has 2 aromatic rings. The van der Waals surface area contributed by atoms with Gasteiger partial charge >= 0.3 is 18.2 Å². The van der Waals surface area contributed by atoms with Crippen molar-refractivity contribution < 1.29 is 24.2 Å². The average Bonchev–Trinajstić information content (AvgIpc) is 2.85. The SMILES string of the molecule is CCCCCCCNC(=O)N(C)c1cc(-c2ccccc2)ccc1C(N)(CCC)C(=O)OC(=O)O. The van der Waals surface area contributed by atoms with Crippen LogP contribution in [0.1, 0.15) is 64.4 Å². The second-order valence-corrected chi connectivity index (χ2v) is 8.68. The maximum Gasteiger partial charge on any atom is 0.513 e. The summed E-state index contributed by atoms with van der Waals surface area (Å²) in [5, 5.41) is 11.9. The Labute approximate surface area is 207 Å². The molecule has 0 fully saturated rings. The smallest absolute Gasteiger partial charge is 0.449 e. The molecule has 2 aromatic carbocycles. The number of nitrogens with one attached hydrogen (secondary N) is 1. The van der Waals surface area contributed by atoms with Gasteiger partial charge in [-0.15, -0.1) is 0 Å². The first-order valence-electron chi connectivity index (χ1n) is 12.2. The van der Waals surface area contributed by atoms with Gasteiger partial charge in [0.15, 0.2) is 0 Å². The molecule has 8 heteroatoms. The van der Waals surface area contributed by atoms with Crippen molar-refractivity contribution in [2.75, 3.05) is 18.5 Å². The fourth-order valence-electron chi connectivity index (χ4n) is 4.06. The number of benzene rings is 2. The molecule has 0 saturated heterocycles. The quantitative estimate of drug-likeness (QED) is 0.204. The van der Waals surface area contributed by atoms with E-state index in [2.05, 4.69) is 17.0 Å². The number of hydrogen-bond acceptors (Lipinski definition) is 5. The largest absolute Gasteiger partial charge is 0.513 e. The van der Waals surface area contributed by atoms with Crippen LogP contribution in [0, 0.1) is 0 Å². The molecule has 2 rings (SSSR count). The van der Waals surface area contributed by atoms with Crippen molar-refractivity contribution >= 4 is 23.8 Å². The minimum Gasteiger partial charge on any atom is -0.449 e. The van der Waals surface area contributed by atoms with Gasteiger partial charge in [-0.3, -0.25) is 4.90 Å². The fourth-order valence-corrected chi connectivity index (χ4v) is 4.06. The Hall–Kier alpha value is -3.39. The van der Waals surface area contributed by atoms with E-state index < -0.39 is 17.7 Å². The summed E-state index contributed by atoms with van der Waals surface area (Å²) in [5.41, 5.74) is 7.27. The van der Waals surface area contributed by atoms with E-state index in [4.69, 9.17) is 10.8 Å². The van der Waals surface area contributed by atoms with Crippen molar-refractivity contribution in [3.8, 4) is 11.1 Å². The summed E-state index contributed by atoms with van der Waals surface area (Å²) in [7, 11) is 1.61. The number of unbranched alkanes of at least 4 members (excludes halogenated alkanes) is 4. The lowest BCUT2D eigenvalue weighted by atomic mass is 9.84. The molecule has 0 aliphatic rings. The zero-order valence-corrected chi connectivity index (χ0v) is 20.9. The van der Waals surface area contributed by atoms with Crippen LogP contribution >= 0.6 is 0 Å². The van der Waals surface area contributed by atoms with Gasteiger partial charge in [0, 0.05) is 19.2 Å². The molecular formula is C27H37N3O5. The topological polar surface area (TPSA) is 122 Å². The van der Waals surface area contributed by atoms with Crippen LogP contribution in [0.25, 0.3) is 11.1 Å². The average molecular weight is 484 g/mol. The van der Waals surface area contributed by atoms with Crippen LogP contribution in [0.2, 0.25) is 0 Å². The number of carbonyl (C=O) groups excluding carboxylic acids is 2. The van der Waals surface area contributed by atoms with Gasteiger partial charge in [0.05, 0.1) is 5.69 Å². The number of ether oxygens (including phenoxy) is 1. The first kappa shape index (κ1) is 27.9. The number of carbonyl (C=O) groups is 3. The molecule has 0 aromatic heterocycles. The van der Waals surface area contributed by atoms with E-state index in [0.717, 1.165) is 36.8 Å². The van der Waals surface area contributed by atoms with Crippen LogP contribution < -0.4 is 16.0 Å². The van der Waals surface area contributed by atoms with Crippen LogP contribution in [-0.2, 0) is 15.1 Å². The molecule has 1 unspecified atom stereocenters. The van der Waals surface area contributed by atoms with Gasteiger partial charge in [-0.2, -0.15) is 0 Å². The maximum atomic E-state index is 13.0. The summed E-state index contributed by atoms with van der Waals surface area (Å²) in [5.74, 6) is -1.08. The lowest BCUT2D eigenvalue weighted by Gasteiger charge is -2.31. The lowest BCUT2D eigenvalue weighted by Crippen LogP contribution is -2.48. The third-order valence-electron chi connectivity index (χ3n) is 6.00. The van der Waals surface area contributed by atoms with Gasteiger partial charge in [-0.1, -0.05) is 88.4 Å². The van der Waals surface area contributed by atoms with E-state index >= 15 is 0 Å². The van der Waals surface area contributed by atoms with Crippen molar-refractivity contribution in [2.45, 2.75) is 64.3 Å². The molecule has 8 nitrogen and oxygen atoms in total. The standard InChI is InChI=1S/C27H37N3O5/c1-4-6-7-8-12-18-29-25(32)30(3)23-19-21(20-13-10-9-11-14-20)15-16-22(23)27(28,17-5-2)24(31)35-26(33)34/h9-11,13-16,19H,4-8,12,17-18,28H2,1-3H3,(H,29,32)(H,33,34). The summed E-state index contributed by atoms with van der Waals surface area (Å²) in [4.78, 5) is 38.4. The minimum atomic E-state index is -1.74. The number of urea groups is 1. The van der Waals surface area contributed by atoms with Gasteiger partial charge in [0.25, 0.3) is 0 Å². The third kappa shape index (κ3) is 7.55. The molecule has 190 valence electrons. The van der Waals surface area contributed by atoms with Gasteiger partial charge in [-0.25, -0.2) is 14.4 Å². The summed E-state index contributed by atoms with van der Waals surface area (Å²) < 4.78 is 4.48. The normalized spacial score (nSPS) is 12.5.